The van der Waals surface area contributed by atoms with Crippen molar-refractivity contribution >= 4 is 29.4 Å². The average Bonchev–Trinajstić information content (AvgIpc) is 2.44. The molecule has 7 heteroatoms. The predicted octanol–water partition coefficient (Wildman–Crippen LogP) is 2.12. The number of hydrogen-bond donors (Lipinski definition) is 3. The Bertz CT molecular complexity index is 626. The van der Waals surface area contributed by atoms with Crippen molar-refractivity contribution in [3.05, 3.63) is 41.5 Å². The first-order valence-corrected chi connectivity index (χ1v) is 7.28. The molecule has 6 nitrogen and oxygen atoms in total. The first-order chi connectivity index (χ1) is 9.95. The topological polar surface area (TPSA) is 115 Å². The van der Waals surface area contributed by atoms with Gasteiger partial charge in [-0.15, -0.1) is 0 Å². The highest BCUT2D eigenvalue weighted by atomic mass is 32.2. The fraction of sp³-hybridized carbons (Fsp3) is 0.214. The number of aliphatic carboxylic acids is 1. The lowest BCUT2D eigenvalue weighted by Gasteiger charge is -2.07. The quantitative estimate of drug-likeness (QED) is 0.572. The van der Waals surface area contributed by atoms with Crippen LogP contribution in [-0.4, -0.2) is 21.0 Å². The van der Waals surface area contributed by atoms with Gasteiger partial charge in [-0.05, 0) is 18.1 Å². The first-order valence-electron chi connectivity index (χ1n) is 6.30. The molecule has 0 aliphatic carbocycles. The van der Waals surface area contributed by atoms with Gasteiger partial charge in [0.05, 0.1) is 5.92 Å². The standard InChI is InChI=1S/C14H16N4O2S/c1-8(13(19)20)10-4-2-9(3-5-10)7-21-14-17-11(15)6-12(16)18-14/h2-6,8H,7H2,1H3,(H,19,20)(H4,15,16,17,18). The summed E-state index contributed by atoms with van der Waals surface area (Å²) in [6, 6.07) is 8.95. The van der Waals surface area contributed by atoms with Gasteiger partial charge in [0.2, 0.25) is 0 Å². The second-order valence-electron chi connectivity index (χ2n) is 4.59. The Kier molecular flexibility index (Phi) is 4.64. The van der Waals surface area contributed by atoms with Gasteiger partial charge < -0.3 is 16.6 Å². The molecular weight excluding hydrogens is 288 g/mol. The van der Waals surface area contributed by atoms with Gasteiger partial charge >= 0.3 is 5.97 Å². The van der Waals surface area contributed by atoms with Crippen molar-refractivity contribution in [3.63, 3.8) is 0 Å². The maximum absolute atomic E-state index is 10.9. The molecular formula is C14H16N4O2S. The summed E-state index contributed by atoms with van der Waals surface area (Å²) in [6.07, 6.45) is 0. The van der Waals surface area contributed by atoms with Gasteiger partial charge in [-0.25, -0.2) is 9.97 Å². The van der Waals surface area contributed by atoms with Gasteiger partial charge in [0.15, 0.2) is 5.16 Å². The Morgan fingerprint density at radius 3 is 2.33 bits per heavy atom. The van der Waals surface area contributed by atoms with Crippen LogP contribution in [0.1, 0.15) is 24.0 Å². The van der Waals surface area contributed by atoms with Crippen LogP contribution in [0.25, 0.3) is 0 Å². The zero-order valence-electron chi connectivity index (χ0n) is 11.5. The molecule has 0 aliphatic heterocycles. The van der Waals surface area contributed by atoms with Crippen molar-refractivity contribution in [1.29, 1.82) is 0 Å². The number of nitrogens with zero attached hydrogens (tertiary/aromatic N) is 2. The minimum Gasteiger partial charge on any atom is -0.481 e. The molecule has 2 aromatic rings. The van der Waals surface area contributed by atoms with E-state index in [1.807, 2.05) is 24.3 Å². The SMILES string of the molecule is CC(C(=O)O)c1ccc(CSc2nc(N)cc(N)n2)cc1. The van der Waals surface area contributed by atoms with Gasteiger partial charge in [0.1, 0.15) is 11.6 Å². The largest absolute Gasteiger partial charge is 0.481 e. The summed E-state index contributed by atoms with van der Waals surface area (Å²) in [7, 11) is 0. The lowest BCUT2D eigenvalue weighted by molar-refractivity contribution is -0.138. The van der Waals surface area contributed by atoms with E-state index in [1.165, 1.54) is 17.8 Å². The van der Waals surface area contributed by atoms with Crippen molar-refractivity contribution in [2.45, 2.75) is 23.8 Å². The third-order valence-corrected chi connectivity index (χ3v) is 3.88. The third-order valence-electron chi connectivity index (χ3n) is 2.96. The molecule has 110 valence electrons. The van der Waals surface area contributed by atoms with Crippen LogP contribution in [0.3, 0.4) is 0 Å². The summed E-state index contributed by atoms with van der Waals surface area (Å²) in [6.45, 7) is 1.66. The third kappa shape index (κ3) is 4.09. The van der Waals surface area contributed by atoms with E-state index in [0.717, 1.165) is 11.1 Å². The van der Waals surface area contributed by atoms with E-state index in [0.29, 0.717) is 22.5 Å². The number of hydrogen-bond acceptors (Lipinski definition) is 6. The van der Waals surface area contributed by atoms with Crippen molar-refractivity contribution in [2.75, 3.05) is 11.5 Å². The van der Waals surface area contributed by atoms with Crippen LogP contribution in [0.4, 0.5) is 11.6 Å². The monoisotopic (exact) mass is 304 g/mol. The normalized spacial score (nSPS) is 12.0. The molecule has 1 unspecified atom stereocenters. The van der Waals surface area contributed by atoms with Crippen LogP contribution in [0, 0.1) is 0 Å². The van der Waals surface area contributed by atoms with Crippen LogP contribution >= 0.6 is 11.8 Å². The maximum Gasteiger partial charge on any atom is 0.310 e. The summed E-state index contributed by atoms with van der Waals surface area (Å²) in [5.74, 6) is 0.000681. The number of anilines is 2. The van der Waals surface area contributed by atoms with Crippen LogP contribution < -0.4 is 11.5 Å². The Hall–Kier alpha value is -2.28. The van der Waals surface area contributed by atoms with Gasteiger partial charge in [-0.1, -0.05) is 36.0 Å². The van der Waals surface area contributed by atoms with Crippen molar-refractivity contribution < 1.29 is 9.90 Å². The fourth-order valence-electron chi connectivity index (χ4n) is 1.72. The summed E-state index contributed by atoms with van der Waals surface area (Å²) in [4.78, 5) is 19.1. The number of carboxylic acid groups (broad SMARTS) is 1. The molecule has 0 bridgehead atoms. The van der Waals surface area contributed by atoms with E-state index in [4.69, 9.17) is 16.6 Å². The second-order valence-corrected chi connectivity index (χ2v) is 5.53. The molecule has 5 N–H and O–H groups in total. The summed E-state index contributed by atoms with van der Waals surface area (Å²) < 4.78 is 0. The molecule has 21 heavy (non-hydrogen) atoms. The number of rotatable bonds is 5. The van der Waals surface area contributed by atoms with E-state index in [-0.39, 0.29) is 0 Å². The van der Waals surface area contributed by atoms with E-state index < -0.39 is 11.9 Å². The van der Waals surface area contributed by atoms with Crippen molar-refractivity contribution in [3.8, 4) is 0 Å². The molecule has 1 heterocycles. The number of thioether (sulfide) groups is 1. The van der Waals surface area contributed by atoms with E-state index in [9.17, 15) is 4.79 Å². The average molecular weight is 304 g/mol. The van der Waals surface area contributed by atoms with Crippen LogP contribution in [0.15, 0.2) is 35.5 Å². The van der Waals surface area contributed by atoms with Gasteiger partial charge in [-0.2, -0.15) is 0 Å². The Labute approximate surface area is 126 Å². The van der Waals surface area contributed by atoms with E-state index in [2.05, 4.69) is 9.97 Å². The van der Waals surface area contributed by atoms with Crippen LogP contribution in [-0.2, 0) is 10.5 Å². The van der Waals surface area contributed by atoms with E-state index in [1.54, 1.807) is 6.92 Å². The molecule has 0 saturated carbocycles. The number of aromatic nitrogens is 2. The van der Waals surface area contributed by atoms with Crippen molar-refractivity contribution in [1.82, 2.24) is 9.97 Å². The summed E-state index contributed by atoms with van der Waals surface area (Å²) in [5.41, 5.74) is 13.0. The van der Waals surface area contributed by atoms with Crippen LogP contribution in [0.2, 0.25) is 0 Å². The highest BCUT2D eigenvalue weighted by molar-refractivity contribution is 7.98. The molecule has 1 atom stereocenters. The zero-order chi connectivity index (χ0) is 15.4. The number of nitrogens with two attached hydrogens (primary N) is 2. The van der Waals surface area contributed by atoms with E-state index >= 15 is 0 Å². The number of benzene rings is 1. The molecule has 0 radical (unpaired) electrons. The molecule has 2 rings (SSSR count). The zero-order valence-corrected chi connectivity index (χ0v) is 12.3. The molecule has 0 aliphatic rings. The molecule has 0 amide bonds. The smallest absolute Gasteiger partial charge is 0.310 e. The molecule has 0 fully saturated rings. The minimum absolute atomic E-state index is 0.343. The predicted molar refractivity (Wildman–Crippen MR) is 82.9 cm³/mol. The Balaban J connectivity index is 2.02. The van der Waals surface area contributed by atoms with Crippen molar-refractivity contribution in [2.24, 2.45) is 0 Å². The summed E-state index contributed by atoms with van der Waals surface area (Å²) in [5, 5.41) is 9.49. The number of carboxylic acids is 1. The maximum atomic E-state index is 10.9. The second kappa shape index (κ2) is 6.45. The minimum atomic E-state index is -0.833. The number of carbonyl (C=O) groups is 1. The van der Waals surface area contributed by atoms with Gasteiger partial charge in [0, 0.05) is 11.8 Å². The van der Waals surface area contributed by atoms with Gasteiger partial charge in [-0.3, -0.25) is 4.79 Å². The van der Waals surface area contributed by atoms with Gasteiger partial charge in [0.25, 0.3) is 0 Å². The molecule has 1 aromatic carbocycles. The molecule has 0 saturated heterocycles. The highest BCUT2D eigenvalue weighted by Crippen LogP contribution is 2.23. The number of nitrogen functional groups attached to an aromatic ring is 2. The fourth-order valence-corrected chi connectivity index (χ4v) is 2.55. The van der Waals surface area contributed by atoms with Crippen LogP contribution in [0.5, 0.6) is 0 Å². The highest BCUT2D eigenvalue weighted by Gasteiger charge is 2.13. The molecule has 0 spiro atoms. The Morgan fingerprint density at radius 2 is 1.81 bits per heavy atom. The first kappa shape index (κ1) is 15.1. The summed E-state index contributed by atoms with van der Waals surface area (Å²) >= 11 is 1.42. The lowest BCUT2D eigenvalue weighted by Crippen LogP contribution is -2.07. The lowest BCUT2D eigenvalue weighted by atomic mass is 10.0. The molecule has 1 aromatic heterocycles. The Morgan fingerprint density at radius 1 is 1.24 bits per heavy atom.